The van der Waals surface area contributed by atoms with Crippen LogP contribution in [0.4, 0.5) is 13.2 Å². The van der Waals surface area contributed by atoms with Gasteiger partial charge in [0.1, 0.15) is 12.4 Å². The van der Waals surface area contributed by atoms with E-state index in [0.29, 0.717) is 11.1 Å². The van der Waals surface area contributed by atoms with Crippen LogP contribution in [0.25, 0.3) is 0 Å². The van der Waals surface area contributed by atoms with E-state index >= 15 is 0 Å². The van der Waals surface area contributed by atoms with Crippen molar-refractivity contribution >= 4 is 0 Å². The van der Waals surface area contributed by atoms with E-state index in [-0.39, 0.29) is 18.9 Å². The first-order valence-electron chi connectivity index (χ1n) is 5.66. The molecule has 0 aliphatic rings. The second kappa shape index (κ2) is 5.75. The SMILES string of the molecule is NCc1ccc(F)cc1COc1cccc(F)c1F. The smallest absolute Gasteiger partial charge is 0.200 e. The lowest BCUT2D eigenvalue weighted by atomic mass is 10.1. The molecule has 2 N–H and O–H groups in total. The van der Waals surface area contributed by atoms with Crippen LogP contribution in [0.1, 0.15) is 11.1 Å². The molecule has 0 aliphatic carbocycles. The lowest BCUT2D eigenvalue weighted by Crippen LogP contribution is -2.06. The van der Waals surface area contributed by atoms with Crippen LogP contribution in [-0.2, 0) is 13.2 Å². The van der Waals surface area contributed by atoms with E-state index in [4.69, 9.17) is 10.5 Å². The molecule has 5 heteroatoms. The maximum Gasteiger partial charge on any atom is 0.200 e. The van der Waals surface area contributed by atoms with Gasteiger partial charge >= 0.3 is 0 Å². The zero-order valence-corrected chi connectivity index (χ0v) is 10.00. The molecule has 2 aromatic rings. The lowest BCUT2D eigenvalue weighted by Gasteiger charge is -2.11. The molecule has 0 aliphatic heterocycles. The molecule has 100 valence electrons. The Labute approximate surface area is 108 Å². The van der Waals surface area contributed by atoms with Gasteiger partial charge in [-0.3, -0.25) is 0 Å². The number of hydrogen-bond donors (Lipinski definition) is 1. The van der Waals surface area contributed by atoms with Gasteiger partial charge in [0.25, 0.3) is 0 Å². The Hall–Kier alpha value is -2.01. The van der Waals surface area contributed by atoms with Crippen LogP contribution < -0.4 is 10.5 Å². The van der Waals surface area contributed by atoms with Crippen LogP contribution in [0.5, 0.6) is 5.75 Å². The highest BCUT2D eigenvalue weighted by atomic mass is 19.2. The third-order valence-corrected chi connectivity index (χ3v) is 2.69. The van der Waals surface area contributed by atoms with Gasteiger partial charge in [-0.15, -0.1) is 0 Å². The van der Waals surface area contributed by atoms with Crippen molar-refractivity contribution in [1.29, 1.82) is 0 Å². The molecule has 2 nitrogen and oxygen atoms in total. The summed E-state index contributed by atoms with van der Waals surface area (Å²) in [6, 6.07) is 7.72. The average molecular weight is 267 g/mol. The van der Waals surface area contributed by atoms with E-state index in [1.54, 1.807) is 0 Å². The van der Waals surface area contributed by atoms with Crippen LogP contribution in [0.15, 0.2) is 36.4 Å². The third-order valence-electron chi connectivity index (χ3n) is 2.69. The molecule has 0 saturated heterocycles. The van der Waals surface area contributed by atoms with E-state index < -0.39 is 17.5 Å². The topological polar surface area (TPSA) is 35.2 Å². The fourth-order valence-corrected chi connectivity index (χ4v) is 1.68. The second-order valence-corrected chi connectivity index (χ2v) is 3.96. The van der Waals surface area contributed by atoms with Crippen molar-refractivity contribution in [1.82, 2.24) is 0 Å². The fourth-order valence-electron chi connectivity index (χ4n) is 1.68. The quantitative estimate of drug-likeness (QED) is 0.923. The lowest BCUT2D eigenvalue weighted by molar-refractivity contribution is 0.283. The number of benzene rings is 2. The van der Waals surface area contributed by atoms with E-state index in [1.165, 1.54) is 30.3 Å². The molecule has 0 bridgehead atoms. The predicted molar refractivity (Wildman–Crippen MR) is 65.0 cm³/mol. The zero-order chi connectivity index (χ0) is 13.8. The molecular weight excluding hydrogens is 255 g/mol. The molecule has 0 fully saturated rings. The van der Waals surface area contributed by atoms with Crippen molar-refractivity contribution < 1.29 is 17.9 Å². The van der Waals surface area contributed by atoms with Gasteiger partial charge in [0.15, 0.2) is 11.6 Å². The van der Waals surface area contributed by atoms with Gasteiger partial charge in [-0.25, -0.2) is 8.78 Å². The second-order valence-electron chi connectivity index (χ2n) is 3.96. The monoisotopic (exact) mass is 267 g/mol. The first kappa shape index (κ1) is 13.4. The normalized spacial score (nSPS) is 10.5. The van der Waals surface area contributed by atoms with Crippen LogP contribution >= 0.6 is 0 Å². The zero-order valence-electron chi connectivity index (χ0n) is 10.00. The summed E-state index contributed by atoms with van der Waals surface area (Å²) in [6.45, 7) is 0.134. The highest BCUT2D eigenvalue weighted by Gasteiger charge is 2.10. The molecule has 0 aromatic heterocycles. The molecule has 0 heterocycles. The maximum absolute atomic E-state index is 13.4. The highest BCUT2D eigenvalue weighted by molar-refractivity contribution is 5.29. The van der Waals surface area contributed by atoms with Gasteiger partial charge in [-0.05, 0) is 35.4 Å². The largest absolute Gasteiger partial charge is 0.486 e. The summed E-state index contributed by atoms with van der Waals surface area (Å²) in [6.07, 6.45) is 0. The summed E-state index contributed by atoms with van der Waals surface area (Å²) >= 11 is 0. The molecule has 0 spiro atoms. The Bertz CT molecular complexity index is 587. The third kappa shape index (κ3) is 3.06. The number of halogens is 3. The summed E-state index contributed by atoms with van der Waals surface area (Å²) in [5.74, 6) is -2.70. The minimum absolute atomic E-state index is 0.0787. The van der Waals surface area contributed by atoms with E-state index in [2.05, 4.69) is 0 Å². The van der Waals surface area contributed by atoms with Crippen LogP contribution in [0, 0.1) is 17.5 Å². The number of ether oxygens (including phenoxy) is 1. The van der Waals surface area contributed by atoms with Crippen LogP contribution in [0.3, 0.4) is 0 Å². The molecule has 0 saturated carbocycles. The Morgan fingerprint density at radius 1 is 1.00 bits per heavy atom. The van der Waals surface area contributed by atoms with Crippen LogP contribution in [-0.4, -0.2) is 0 Å². The molecule has 0 unspecified atom stereocenters. The minimum Gasteiger partial charge on any atom is -0.486 e. The first-order valence-corrected chi connectivity index (χ1v) is 5.66. The van der Waals surface area contributed by atoms with Gasteiger partial charge in [-0.2, -0.15) is 4.39 Å². The summed E-state index contributed by atoms with van der Waals surface area (Å²) in [7, 11) is 0. The maximum atomic E-state index is 13.4. The van der Waals surface area contributed by atoms with Gasteiger partial charge < -0.3 is 10.5 Å². The molecule has 2 rings (SSSR count). The number of hydrogen-bond acceptors (Lipinski definition) is 2. The van der Waals surface area contributed by atoms with Gasteiger partial charge in [0, 0.05) is 6.54 Å². The van der Waals surface area contributed by atoms with Crippen molar-refractivity contribution in [3.05, 3.63) is 65.0 Å². The molecular formula is C14H12F3NO. The Kier molecular flexibility index (Phi) is 4.06. The van der Waals surface area contributed by atoms with Gasteiger partial charge in [0.05, 0.1) is 0 Å². The minimum atomic E-state index is -1.06. The Morgan fingerprint density at radius 3 is 2.53 bits per heavy atom. The fraction of sp³-hybridized carbons (Fsp3) is 0.143. The summed E-state index contributed by atoms with van der Waals surface area (Å²) in [4.78, 5) is 0. The van der Waals surface area contributed by atoms with E-state index in [0.717, 1.165) is 6.07 Å². The highest BCUT2D eigenvalue weighted by Crippen LogP contribution is 2.21. The standard InChI is InChI=1S/C14H12F3NO/c15-11-5-4-9(7-18)10(6-11)8-19-13-3-1-2-12(16)14(13)17/h1-6H,7-8,18H2. The van der Waals surface area contributed by atoms with Crippen molar-refractivity contribution in [2.24, 2.45) is 5.73 Å². The summed E-state index contributed by atoms with van der Waals surface area (Å²) in [5.41, 5.74) is 6.71. The van der Waals surface area contributed by atoms with Crippen molar-refractivity contribution in [3.8, 4) is 5.75 Å². The predicted octanol–water partition coefficient (Wildman–Crippen LogP) is 3.14. The molecule has 0 amide bonds. The average Bonchev–Trinajstić information content (AvgIpc) is 2.40. The van der Waals surface area contributed by atoms with E-state index in [1.807, 2.05) is 0 Å². The summed E-state index contributed by atoms with van der Waals surface area (Å²) < 4.78 is 44.6. The molecule has 19 heavy (non-hydrogen) atoms. The van der Waals surface area contributed by atoms with Gasteiger partial charge in [0.2, 0.25) is 5.82 Å². The Balaban J connectivity index is 2.18. The molecule has 0 radical (unpaired) electrons. The Morgan fingerprint density at radius 2 is 1.79 bits per heavy atom. The number of nitrogens with two attached hydrogens (primary N) is 1. The molecule has 0 atom stereocenters. The number of rotatable bonds is 4. The van der Waals surface area contributed by atoms with Crippen molar-refractivity contribution in [2.45, 2.75) is 13.2 Å². The van der Waals surface area contributed by atoms with Crippen LogP contribution in [0.2, 0.25) is 0 Å². The van der Waals surface area contributed by atoms with E-state index in [9.17, 15) is 13.2 Å². The van der Waals surface area contributed by atoms with Gasteiger partial charge in [-0.1, -0.05) is 12.1 Å². The van der Waals surface area contributed by atoms with Crippen molar-refractivity contribution in [3.63, 3.8) is 0 Å². The summed E-state index contributed by atoms with van der Waals surface area (Å²) in [5, 5.41) is 0. The van der Waals surface area contributed by atoms with Crippen molar-refractivity contribution in [2.75, 3.05) is 0 Å². The molecule has 2 aromatic carbocycles. The first-order chi connectivity index (χ1) is 9.11.